The van der Waals surface area contributed by atoms with Gasteiger partial charge in [0.15, 0.2) is 0 Å². The predicted octanol–water partition coefficient (Wildman–Crippen LogP) is 2.16. The van der Waals surface area contributed by atoms with Crippen molar-refractivity contribution in [3.05, 3.63) is 28.2 Å². The molecule has 3 rings (SSSR count). The molecule has 15 heavy (non-hydrogen) atoms. The number of nitrogens with zero attached hydrogens (tertiary/aromatic N) is 1. The van der Waals surface area contributed by atoms with Crippen LogP contribution in [0.4, 0.5) is 5.69 Å². The zero-order valence-electron chi connectivity index (χ0n) is 8.62. The van der Waals surface area contributed by atoms with Gasteiger partial charge in [-0.1, -0.05) is 22.0 Å². The molecular formula is C12H15BrN2. The molecule has 0 aromatic heterocycles. The standard InChI is InChI=1S/C12H15BrN2/c13-10-2-1-9-4-11-3-8(6-14)7-15(11)12(9)5-10/h1-2,5,8,11H,3-4,6-7,14H2. The molecule has 0 radical (unpaired) electrons. The number of hydrogen-bond donors (Lipinski definition) is 1. The van der Waals surface area contributed by atoms with E-state index in [-0.39, 0.29) is 0 Å². The minimum absolute atomic E-state index is 0.696. The van der Waals surface area contributed by atoms with Crippen LogP contribution in [-0.2, 0) is 6.42 Å². The van der Waals surface area contributed by atoms with Crippen molar-refractivity contribution < 1.29 is 0 Å². The summed E-state index contributed by atoms with van der Waals surface area (Å²) in [5, 5.41) is 0. The number of nitrogens with two attached hydrogens (primary N) is 1. The van der Waals surface area contributed by atoms with Crippen molar-refractivity contribution in [2.24, 2.45) is 11.7 Å². The minimum Gasteiger partial charge on any atom is -0.368 e. The smallest absolute Gasteiger partial charge is 0.0413 e. The van der Waals surface area contributed by atoms with Gasteiger partial charge in [-0.3, -0.25) is 0 Å². The highest BCUT2D eigenvalue weighted by Gasteiger charge is 2.37. The van der Waals surface area contributed by atoms with Crippen molar-refractivity contribution in [1.82, 2.24) is 0 Å². The van der Waals surface area contributed by atoms with E-state index in [4.69, 9.17) is 5.73 Å². The number of halogens is 1. The first-order valence-electron chi connectivity index (χ1n) is 5.53. The van der Waals surface area contributed by atoms with Gasteiger partial charge in [-0.05, 0) is 43.0 Å². The molecule has 2 unspecified atom stereocenters. The lowest BCUT2D eigenvalue weighted by molar-refractivity contribution is 0.566. The molecule has 0 amide bonds. The van der Waals surface area contributed by atoms with Crippen LogP contribution in [0.2, 0.25) is 0 Å². The third-order valence-corrected chi connectivity index (χ3v) is 4.14. The maximum absolute atomic E-state index is 5.75. The average Bonchev–Trinajstić information content (AvgIpc) is 2.75. The van der Waals surface area contributed by atoms with E-state index in [0.29, 0.717) is 12.0 Å². The summed E-state index contributed by atoms with van der Waals surface area (Å²) in [6.45, 7) is 1.97. The molecular weight excluding hydrogens is 252 g/mol. The van der Waals surface area contributed by atoms with Crippen molar-refractivity contribution in [3.8, 4) is 0 Å². The van der Waals surface area contributed by atoms with Crippen LogP contribution >= 0.6 is 15.9 Å². The second-order valence-electron chi connectivity index (χ2n) is 4.62. The van der Waals surface area contributed by atoms with Crippen LogP contribution in [0.1, 0.15) is 12.0 Å². The first kappa shape index (κ1) is 9.67. The first-order valence-corrected chi connectivity index (χ1v) is 6.32. The summed E-state index contributed by atoms with van der Waals surface area (Å²) in [7, 11) is 0. The van der Waals surface area contributed by atoms with Crippen LogP contribution in [0.25, 0.3) is 0 Å². The van der Waals surface area contributed by atoms with Crippen LogP contribution < -0.4 is 10.6 Å². The zero-order chi connectivity index (χ0) is 10.4. The molecule has 2 heterocycles. The van der Waals surface area contributed by atoms with Gasteiger partial charge in [0.1, 0.15) is 0 Å². The highest BCUT2D eigenvalue weighted by molar-refractivity contribution is 9.10. The van der Waals surface area contributed by atoms with Gasteiger partial charge in [0.05, 0.1) is 0 Å². The van der Waals surface area contributed by atoms with E-state index in [2.05, 4.69) is 39.0 Å². The Morgan fingerprint density at radius 1 is 1.47 bits per heavy atom. The second kappa shape index (κ2) is 3.49. The maximum atomic E-state index is 5.75. The summed E-state index contributed by atoms with van der Waals surface area (Å²) >= 11 is 3.54. The number of rotatable bonds is 1. The van der Waals surface area contributed by atoms with Gasteiger partial charge in [-0.2, -0.15) is 0 Å². The fourth-order valence-corrected chi connectivity index (χ4v) is 3.25. The van der Waals surface area contributed by atoms with Gasteiger partial charge in [0.2, 0.25) is 0 Å². The Kier molecular flexibility index (Phi) is 2.25. The Balaban J connectivity index is 1.94. The Morgan fingerprint density at radius 3 is 3.13 bits per heavy atom. The number of anilines is 1. The van der Waals surface area contributed by atoms with Crippen LogP contribution in [0.3, 0.4) is 0 Å². The number of benzene rings is 1. The molecule has 0 spiro atoms. The summed E-state index contributed by atoms with van der Waals surface area (Å²) < 4.78 is 1.18. The lowest BCUT2D eigenvalue weighted by Crippen LogP contribution is -2.25. The predicted molar refractivity (Wildman–Crippen MR) is 66.1 cm³/mol. The topological polar surface area (TPSA) is 29.3 Å². The van der Waals surface area contributed by atoms with Crippen LogP contribution in [0, 0.1) is 5.92 Å². The van der Waals surface area contributed by atoms with E-state index in [1.807, 2.05) is 0 Å². The summed E-state index contributed by atoms with van der Waals surface area (Å²) in [5.41, 5.74) is 8.67. The van der Waals surface area contributed by atoms with E-state index in [0.717, 1.165) is 13.1 Å². The third kappa shape index (κ3) is 1.49. The molecule has 0 saturated carbocycles. The molecule has 1 saturated heterocycles. The highest BCUT2D eigenvalue weighted by Crippen LogP contribution is 2.40. The lowest BCUT2D eigenvalue weighted by atomic mass is 10.0. The molecule has 2 N–H and O–H groups in total. The quantitative estimate of drug-likeness (QED) is 0.844. The van der Waals surface area contributed by atoms with E-state index in [1.54, 1.807) is 0 Å². The number of fused-ring (bicyclic) bond motifs is 3. The molecule has 0 aliphatic carbocycles. The molecule has 80 valence electrons. The van der Waals surface area contributed by atoms with Crippen molar-refractivity contribution in [2.45, 2.75) is 18.9 Å². The van der Waals surface area contributed by atoms with Crippen molar-refractivity contribution >= 4 is 21.6 Å². The molecule has 1 aromatic rings. The molecule has 3 heteroatoms. The van der Waals surface area contributed by atoms with E-state index >= 15 is 0 Å². The summed E-state index contributed by atoms with van der Waals surface area (Å²) in [4.78, 5) is 2.54. The van der Waals surface area contributed by atoms with Gasteiger partial charge >= 0.3 is 0 Å². The van der Waals surface area contributed by atoms with Gasteiger partial charge in [0, 0.05) is 22.7 Å². The molecule has 0 bridgehead atoms. The average molecular weight is 267 g/mol. The lowest BCUT2D eigenvalue weighted by Gasteiger charge is -2.19. The molecule has 1 fully saturated rings. The van der Waals surface area contributed by atoms with Gasteiger partial charge in [-0.15, -0.1) is 0 Å². The van der Waals surface area contributed by atoms with Crippen LogP contribution in [0.15, 0.2) is 22.7 Å². The summed E-state index contributed by atoms with van der Waals surface area (Å²) in [6.07, 6.45) is 2.47. The Labute approximate surface area is 98.6 Å². The van der Waals surface area contributed by atoms with Gasteiger partial charge < -0.3 is 10.6 Å². The van der Waals surface area contributed by atoms with E-state index in [9.17, 15) is 0 Å². The fourth-order valence-electron chi connectivity index (χ4n) is 2.90. The Bertz CT molecular complexity index is 391. The Morgan fingerprint density at radius 2 is 2.33 bits per heavy atom. The first-order chi connectivity index (χ1) is 7.28. The number of hydrogen-bond acceptors (Lipinski definition) is 2. The van der Waals surface area contributed by atoms with Gasteiger partial charge in [-0.25, -0.2) is 0 Å². The maximum Gasteiger partial charge on any atom is 0.0413 e. The van der Waals surface area contributed by atoms with Crippen LogP contribution in [-0.4, -0.2) is 19.1 Å². The van der Waals surface area contributed by atoms with Crippen LogP contribution in [0.5, 0.6) is 0 Å². The largest absolute Gasteiger partial charge is 0.368 e. The molecule has 2 nitrogen and oxygen atoms in total. The van der Waals surface area contributed by atoms with Crippen molar-refractivity contribution in [1.29, 1.82) is 0 Å². The summed E-state index contributed by atoms with van der Waals surface area (Å²) in [6, 6.07) is 7.34. The SMILES string of the molecule is NCC1CC2Cc3ccc(Br)cc3N2C1. The molecule has 1 aromatic carbocycles. The van der Waals surface area contributed by atoms with Crippen molar-refractivity contribution in [2.75, 3.05) is 18.0 Å². The van der Waals surface area contributed by atoms with E-state index < -0.39 is 0 Å². The van der Waals surface area contributed by atoms with Gasteiger partial charge in [0.25, 0.3) is 0 Å². The monoisotopic (exact) mass is 266 g/mol. The Hall–Kier alpha value is -0.540. The van der Waals surface area contributed by atoms with Crippen molar-refractivity contribution in [3.63, 3.8) is 0 Å². The molecule has 2 aliphatic rings. The highest BCUT2D eigenvalue weighted by atomic mass is 79.9. The van der Waals surface area contributed by atoms with E-state index in [1.165, 1.54) is 28.6 Å². The molecule has 2 aliphatic heterocycles. The summed E-state index contributed by atoms with van der Waals surface area (Å²) in [5.74, 6) is 0.696. The molecule has 2 atom stereocenters. The zero-order valence-corrected chi connectivity index (χ0v) is 10.2. The minimum atomic E-state index is 0.696. The normalized spacial score (nSPS) is 28.0. The second-order valence-corrected chi connectivity index (χ2v) is 5.54. The fraction of sp³-hybridized carbons (Fsp3) is 0.500. The third-order valence-electron chi connectivity index (χ3n) is 3.65.